The van der Waals surface area contributed by atoms with Crippen molar-refractivity contribution in [3.05, 3.63) is 32.9 Å². The minimum absolute atomic E-state index is 0.0159. The predicted molar refractivity (Wildman–Crippen MR) is 67.6 cm³/mol. The molecule has 78 valence electrons. The van der Waals surface area contributed by atoms with Crippen LogP contribution in [0, 0.1) is 3.57 Å². The molecule has 0 spiro atoms. The molecular formula is C12H16FI. The van der Waals surface area contributed by atoms with Crippen molar-refractivity contribution >= 4 is 22.6 Å². The Morgan fingerprint density at radius 1 is 1.14 bits per heavy atom. The topological polar surface area (TPSA) is 0 Å². The van der Waals surface area contributed by atoms with Gasteiger partial charge in [-0.3, -0.25) is 4.39 Å². The van der Waals surface area contributed by atoms with Crippen LogP contribution in [0.15, 0.2) is 18.2 Å². The van der Waals surface area contributed by atoms with Crippen molar-refractivity contribution in [1.82, 2.24) is 0 Å². The van der Waals surface area contributed by atoms with Crippen LogP contribution in [-0.4, -0.2) is 6.67 Å². The highest BCUT2D eigenvalue weighted by Crippen LogP contribution is 2.24. The van der Waals surface area contributed by atoms with Crippen LogP contribution in [-0.2, 0) is 0 Å². The Morgan fingerprint density at radius 2 is 1.71 bits per heavy atom. The van der Waals surface area contributed by atoms with Gasteiger partial charge in [-0.05, 0) is 51.8 Å². The third-order valence-corrected chi connectivity index (χ3v) is 3.03. The number of benzene rings is 1. The van der Waals surface area contributed by atoms with E-state index in [-0.39, 0.29) is 12.6 Å². The molecule has 1 unspecified atom stereocenters. The van der Waals surface area contributed by atoms with Crippen LogP contribution in [0.5, 0.6) is 0 Å². The molecule has 0 aliphatic carbocycles. The molecule has 0 aliphatic rings. The first-order valence-corrected chi connectivity index (χ1v) is 5.98. The third-order valence-electron chi connectivity index (χ3n) is 2.41. The smallest absolute Gasteiger partial charge is 0.0960 e. The summed E-state index contributed by atoms with van der Waals surface area (Å²) in [7, 11) is 0. The standard InChI is InChI=1S/C12H16FI/c1-8(2)10-4-11(9(3)7-13)6-12(14)5-10/h4-6,8-9H,7H2,1-3H3. The highest BCUT2D eigenvalue weighted by atomic mass is 127. The van der Waals surface area contributed by atoms with Crippen LogP contribution in [0.25, 0.3) is 0 Å². The Hall–Kier alpha value is -0.120. The summed E-state index contributed by atoms with van der Waals surface area (Å²) in [4.78, 5) is 0. The van der Waals surface area contributed by atoms with Crippen molar-refractivity contribution in [2.45, 2.75) is 32.6 Å². The highest BCUT2D eigenvalue weighted by Gasteiger charge is 2.08. The average molecular weight is 306 g/mol. The Kier molecular flexibility index (Phi) is 4.35. The van der Waals surface area contributed by atoms with E-state index in [1.807, 2.05) is 6.92 Å². The van der Waals surface area contributed by atoms with Crippen LogP contribution in [0.2, 0.25) is 0 Å². The van der Waals surface area contributed by atoms with Gasteiger partial charge in [0.05, 0.1) is 6.67 Å². The summed E-state index contributed by atoms with van der Waals surface area (Å²) in [6.07, 6.45) is 0. The fraction of sp³-hybridized carbons (Fsp3) is 0.500. The minimum Gasteiger partial charge on any atom is -0.250 e. The lowest BCUT2D eigenvalue weighted by molar-refractivity contribution is 0.447. The maximum Gasteiger partial charge on any atom is 0.0960 e. The monoisotopic (exact) mass is 306 g/mol. The van der Waals surface area contributed by atoms with Gasteiger partial charge in [-0.15, -0.1) is 0 Å². The molecule has 14 heavy (non-hydrogen) atoms. The minimum atomic E-state index is -0.280. The van der Waals surface area contributed by atoms with E-state index in [0.717, 1.165) is 5.56 Å². The molecule has 2 heteroatoms. The van der Waals surface area contributed by atoms with E-state index >= 15 is 0 Å². The van der Waals surface area contributed by atoms with Crippen molar-refractivity contribution in [1.29, 1.82) is 0 Å². The fourth-order valence-corrected chi connectivity index (χ4v) is 2.06. The molecule has 0 aromatic heterocycles. The van der Waals surface area contributed by atoms with E-state index < -0.39 is 0 Å². The van der Waals surface area contributed by atoms with Crippen molar-refractivity contribution in [2.24, 2.45) is 0 Å². The molecule has 0 N–H and O–H groups in total. The van der Waals surface area contributed by atoms with E-state index in [4.69, 9.17) is 0 Å². The molecule has 1 aromatic carbocycles. The molecular weight excluding hydrogens is 290 g/mol. The zero-order valence-corrected chi connectivity index (χ0v) is 11.0. The second kappa shape index (κ2) is 5.10. The summed E-state index contributed by atoms with van der Waals surface area (Å²) in [5, 5.41) is 0. The maximum atomic E-state index is 12.5. The molecule has 0 amide bonds. The van der Waals surface area contributed by atoms with E-state index in [9.17, 15) is 4.39 Å². The maximum absolute atomic E-state index is 12.5. The Labute approximate surface area is 99.0 Å². The van der Waals surface area contributed by atoms with E-state index in [1.54, 1.807) is 0 Å². The van der Waals surface area contributed by atoms with E-state index in [0.29, 0.717) is 5.92 Å². The molecule has 1 rings (SSSR count). The van der Waals surface area contributed by atoms with Crippen molar-refractivity contribution in [3.63, 3.8) is 0 Å². The van der Waals surface area contributed by atoms with Gasteiger partial charge >= 0.3 is 0 Å². The molecule has 0 heterocycles. The SMILES string of the molecule is CC(C)c1cc(I)cc(C(C)CF)c1. The van der Waals surface area contributed by atoms with E-state index in [1.165, 1.54) is 9.13 Å². The summed E-state index contributed by atoms with van der Waals surface area (Å²) in [5.74, 6) is 0.525. The van der Waals surface area contributed by atoms with Crippen LogP contribution >= 0.6 is 22.6 Å². The van der Waals surface area contributed by atoms with Crippen LogP contribution in [0.4, 0.5) is 4.39 Å². The van der Waals surface area contributed by atoms with Gasteiger partial charge in [0.25, 0.3) is 0 Å². The normalized spacial score (nSPS) is 13.3. The molecule has 1 aromatic rings. The summed E-state index contributed by atoms with van der Waals surface area (Å²) in [6, 6.07) is 6.35. The van der Waals surface area contributed by atoms with Crippen LogP contribution in [0.3, 0.4) is 0 Å². The van der Waals surface area contributed by atoms with Gasteiger partial charge < -0.3 is 0 Å². The van der Waals surface area contributed by atoms with Gasteiger partial charge in [0.15, 0.2) is 0 Å². The van der Waals surface area contributed by atoms with Crippen molar-refractivity contribution in [2.75, 3.05) is 6.67 Å². The first kappa shape index (κ1) is 12.0. The van der Waals surface area contributed by atoms with Crippen LogP contribution in [0.1, 0.15) is 43.7 Å². The third kappa shape index (κ3) is 2.94. The number of rotatable bonds is 3. The van der Waals surface area contributed by atoms with Crippen LogP contribution < -0.4 is 0 Å². The lowest BCUT2D eigenvalue weighted by atomic mass is 9.96. The lowest BCUT2D eigenvalue weighted by Gasteiger charge is -2.12. The van der Waals surface area contributed by atoms with Crippen molar-refractivity contribution in [3.8, 4) is 0 Å². The number of halogens is 2. The Morgan fingerprint density at radius 3 is 2.21 bits per heavy atom. The van der Waals surface area contributed by atoms with E-state index in [2.05, 4.69) is 54.6 Å². The highest BCUT2D eigenvalue weighted by molar-refractivity contribution is 14.1. The van der Waals surface area contributed by atoms with Gasteiger partial charge in [0, 0.05) is 9.49 Å². The van der Waals surface area contributed by atoms with Gasteiger partial charge in [-0.1, -0.05) is 26.8 Å². The average Bonchev–Trinajstić information content (AvgIpc) is 2.15. The predicted octanol–water partition coefficient (Wildman–Crippen LogP) is 4.49. The molecule has 0 aliphatic heterocycles. The quantitative estimate of drug-likeness (QED) is 0.722. The molecule has 0 fully saturated rings. The molecule has 0 nitrogen and oxygen atoms in total. The van der Waals surface area contributed by atoms with Gasteiger partial charge in [0.2, 0.25) is 0 Å². The Bertz CT molecular complexity index is 307. The molecule has 0 radical (unpaired) electrons. The summed E-state index contributed by atoms with van der Waals surface area (Å²) in [5.41, 5.74) is 2.41. The number of alkyl halides is 1. The molecule has 1 atom stereocenters. The summed E-state index contributed by atoms with van der Waals surface area (Å²) < 4.78 is 13.7. The summed E-state index contributed by atoms with van der Waals surface area (Å²) >= 11 is 2.29. The fourth-order valence-electron chi connectivity index (χ4n) is 1.34. The van der Waals surface area contributed by atoms with Gasteiger partial charge in [0.1, 0.15) is 0 Å². The van der Waals surface area contributed by atoms with Gasteiger partial charge in [-0.25, -0.2) is 0 Å². The Balaban J connectivity index is 3.07. The van der Waals surface area contributed by atoms with Gasteiger partial charge in [-0.2, -0.15) is 0 Å². The molecule has 0 bridgehead atoms. The second-order valence-corrected chi connectivity index (χ2v) is 5.27. The van der Waals surface area contributed by atoms with Crippen molar-refractivity contribution < 1.29 is 4.39 Å². The number of hydrogen-bond acceptors (Lipinski definition) is 0. The lowest BCUT2D eigenvalue weighted by Crippen LogP contribution is -1.99. The summed E-state index contributed by atoms with van der Waals surface area (Å²) in [6.45, 7) is 5.97. The number of hydrogen-bond donors (Lipinski definition) is 0. The zero-order chi connectivity index (χ0) is 10.7. The first-order valence-electron chi connectivity index (χ1n) is 4.91. The molecule has 0 saturated carbocycles. The first-order chi connectivity index (χ1) is 6.54. The zero-order valence-electron chi connectivity index (χ0n) is 8.85. The largest absolute Gasteiger partial charge is 0.250 e. The molecule has 0 saturated heterocycles. The second-order valence-electron chi connectivity index (χ2n) is 4.03.